The van der Waals surface area contributed by atoms with Gasteiger partial charge in [0.25, 0.3) is 0 Å². The van der Waals surface area contributed by atoms with Crippen LogP contribution in [0.5, 0.6) is 0 Å². The minimum atomic E-state index is -2.54. The average Bonchev–Trinajstić information content (AvgIpc) is 0.811. The molecule has 0 spiro atoms. The first-order valence-electron chi connectivity index (χ1n) is 0.548. The molecule has 0 aliphatic heterocycles. The molecule has 0 N–H and O–H groups in total. The second-order valence-corrected chi connectivity index (χ2v) is 1.57. The molecule has 24 valence electrons. The minimum absolute atomic E-state index is 0. The molecule has 0 aromatic carbocycles. The molecule has 0 bridgehead atoms. The summed E-state index contributed by atoms with van der Waals surface area (Å²) in [6, 6.07) is 0. The van der Waals surface area contributed by atoms with Crippen LogP contribution in [0.3, 0.4) is 0 Å². The molecule has 1 atom stereocenters. The Morgan fingerprint density at radius 1 is 1.50 bits per heavy atom. The zero-order chi connectivity index (χ0) is 3.58. The Labute approximate surface area is 128 Å². The summed E-state index contributed by atoms with van der Waals surface area (Å²) in [6.45, 7) is 0. The smallest absolute Gasteiger partial charge is 0.614 e. The summed E-state index contributed by atoms with van der Waals surface area (Å²) in [4.78, 5) is 8.85. The van der Waals surface area contributed by atoms with Gasteiger partial charge >= 0.3 is 103 Å². The summed E-state index contributed by atoms with van der Waals surface area (Å²) in [5.41, 5.74) is 0. The van der Waals surface area contributed by atoms with E-state index >= 15 is 0 Å². The summed E-state index contributed by atoms with van der Waals surface area (Å²) in [6.07, 6.45) is 0. The Morgan fingerprint density at radius 2 is 1.50 bits per heavy atom. The zero-order valence-corrected chi connectivity index (χ0v) is 11.6. The van der Waals surface area contributed by atoms with Crippen molar-refractivity contribution >= 4 is 19.5 Å². The van der Waals surface area contributed by atoms with E-state index in [4.69, 9.17) is 9.46 Å². The molecule has 6 heteroatoms. The summed E-state index contributed by atoms with van der Waals surface area (Å²) < 4.78 is 8.85. The molecule has 0 aliphatic carbocycles. The fourth-order valence-electron chi connectivity index (χ4n) is 0. The van der Waals surface area contributed by atoms with Crippen molar-refractivity contribution in [1.29, 1.82) is 0 Å². The van der Waals surface area contributed by atoms with Crippen molar-refractivity contribution in [3.63, 3.8) is 0 Å². The Bertz CT molecular complexity index is 34.5. The van der Waals surface area contributed by atoms with Gasteiger partial charge in [-0.25, -0.2) is 0 Å². The van der Waals surface area contributed by atoms with Gasteiger partial charge in [0.15, 0.2) is 7.23 Å². The molecule has 0 radical (unpaired) electrons. The Balaban J connectivity index is -0.0000000450. The van der Waals surface area contributed by atoms with E-state index < -0.39 is 7.23 Å². The molecular weight excluding hydrogens is 173 g/mol. The van der Waals surface area contributed by atoms with Gasteiger partial charge in [-0.1, -0.05) is 0 Å². The molecule has 0 rings (SSSR count). The first-order chi connectivity index (χ1) is 1.73. The predicted molar refractivity (Wildman–Crippen MR) is 15.0 cm³/mol. The topological polar surface area (TPSA) is 40.1 Å². The van der Waals surface area contributed by atoms with E-state index in [1.165, 1.54) is 0 Å². The van der Waals surface area contributed by atoms with Crippen LogP contribution in [0.25, 0.3) is 0 Å². The standard InChI is InChI=1S/2K.HO2PS/c;;1-3(2)4/h;;(H,1,2,4)/q2*+1;/p-1. The van der Waals surface area contributed by atoms with Crippen LogP contribution in [0.4, 0.5) is 0 Å². The largest absolute Gasteiger partial charge is 1.00 e. The van der Waals surface area contributed by atoms with Crippen molar-refractivity contribution in [3.8, 4) is 0 Å². The molecule has 0 aliphatic rings. The molecule has 0 amide bonds. The maximum Gasteiger partial charge on any atom is 1.00 e. The third-order valence-corrected chi connectivity index (χ3v) is 0. The molecule has 6 heavy (non-hydrogen) atoms. The third-order valence-electron chi connectivity index (χ3n) is 0. The monoisotopic (exact) mass is 173 g/mol. The van der Waals surface area contributed by atoms with Crippen LogP contribution in [0.1, 0.15) is 0 Å². The van der Waals surface area contributed by atoms with E-state index in [1.54, 1.807) is 0 Å². The van der Waals surface area contributed by atoms with Crippen LogP contribution in [0.15, 0.2) is 0 Å². The van der Waals surface area contributed by atoms with Crippen molar-refractivity contribution in [2.24, 2.45) is 0 Å². The van der Waals surface area contributed by atoms with Crippen LogP contribution in [0, 0.1) is 0 Å². The SMILES string of the molecule is O=[P+]([O-])[S-].[K+].[K+]. The van der Waals surface area contributed by atoms with Gasteiger partial charge in [-0.15, -0.1) is 4.57 Å². The first-order valence-corrected chi connectivity index (χ1v) is 2.74. The van der Waals surface area contributed by atoms with Crippen molar-refractivity contribution in [2.75, 3.05) is 0 Å². The molecule has 0 aromatic heterocycles. The van der Waals surface area contributed by atoms with Crippen LogP contribution < -0.4 is 108 Å². The van der Waals surface area contributed by atoms with Crippen LogP contribution in [-0.4, -0.2) is 0 Å². The van der Waals surface area contributed by atoms with Crippen LogP contribution in [0.2, 0.25) is 0 Å². The van der Waals surface area contributed by atoms with Crippen LogP contribution in [-0.2, 0) is 16.8 Å². The Morgan fingerprint density at radius 3 is 1.50 bits per heavy atom. The van der Waals surface area contributed by atoms with E-state index in [2.05, 4.69) is 12.2 Å². The summed E-state index contributed by atoms with van der Waals surface area (Å²) in [5.74, 6) is 0. The summed E-state index contributed by atoms with van der Waals surface area (Å²) >= 11 is 3.57. The number of hydrogen-bond acceptors (Lipinski definition) is 3. The molecule has 0 fully saturated rings. The Hall–Kier alpha value is 3.68. The van der Waals surface area contributed by atoms with Crippen molar-refractivity contribution in [1.82, 2.24) is 0 Å². The van der Waals surface area contributed by atoms with E-state index in [9.17, 15) is 0 Å². The maximum atomic E-state index is 8.85. The normalized spacial score (nSPS) is 7.33. The fourth-order valence-corrected chi connectivity index (χ4v) is 0. The summed E-state index contributed by atoms with van der Waals surface area (Å²) in [5, 5.41) is 0. The van der Waals surface area contributed by atoms with Gasteiger partial charge in [-0.2, -0.15) is 0 Å². The average molecular weight is 173 g/mol. The molecule has 0 heterocycles. The molecule has 0 aromatic rings. The maximum absolute atomic E-state index is 8.85. The number of hydrogen-bond donors (Lipinski definition) is 0. The van der Waals surface area contributed by atoms with E-state index in [0.717, 1.165) is 0 Å². The van der Waals surface area contributed by atoms with E-state index in [0.29, 0.717) is 0 Å². The zero-order valence-electron chi connectivity index (χ0n) is 3.67. The van der Waals surface area contributed by atoms with Gasteiger partial charge < -0.3 is 17.1 Å². The van der Waals surface area contributed by atoms with E-state index in [1.807, 2.05) is 0 Å². The number of rotatable bonds is 0. The van der Waals surface area contributed by atoms with Gasteiger partial charge in [0, 0.05) is 0 Å². The quantitative estimate of drug-likeness (QED) is 0.208. The van der Waals surface area contributed by atoms with Gasteiger partial charge in [-0.05, 0) is 0 Å². The minimum Gasteiger partial charge on any atom is -0.614 e. The van der Waals surface area contributed by atoms with Gasteiger partial charge in [0.05, 0.1) is 0 Å². The third kappa shape index (κ3) is 25.3. The molecule has 0 saturated heterocycles. The predicted octanol–water partition coefficient (Wildman–Crippen LogP) is -6.44. The molecular formula is K2O2PS+. The first kappa shape index (κ1) is 16.3. The van der Waals surface area contributed by atoms with Gasteiger partial charge in [0.1, 0.15) is 0 Å². The van der Waals surface area contributed by atoms with Crippen molar-refractivity contribution < 1.29 is 112 Å². The second kappa shape index (κ2) is 11.5. The molecule has 2 nitrogen and oxygen atoms in total. The fraction of sp³-hybridized carbons (Fsp3) is 0. The van der Waals surface area contributed by atoms with Crippen LogP contribution >= 0.6 is 7.23 Å². The van der Waals surface area contributed by atoms with Gasteiger partial charge in [0.2, 0.25) is 0 Å². The van der Waals surface area contributed by atoms with Gasteiger partial charge in [-0.3, -0.25) is 0 Å². The van der Waals surface area contributed by atoms with E-state index in [-0.39, 0.29) is 103 Å². The van der Waals surface area contributed by atoms with Crippen molar-refractivity contribution in [2.45, 2.75) is 0 Å². The second-order valence-electron chi connectivity index (χ2n) is 0.224. The van der Waals surface area contributed by atoms with Crippen molar-refractivity contribution in [3.05, 3.63) is 0 Å². The Kier molecular flexibility index (Phi) is 31.3. The molecule has 0 saturated carbocycles. The summed E-state index contributed by atoms with van der Waals surface area (Å²) in [7, 11) is -2.54. The molecule has 1 unspecified atom stereocenters.